The van der Waals surface area contributed by atoms with Crippen molar-refractivity contribution in [2.24, 2.45) is 5.92 Å². The summed E-state index contributed by atoms with van der Waals surface area (Å²) in [6.45, 7) is 8.56. The van der Waals surface area contributed by atoms with Gasteiger partial charge in [0.25, 0.3) is 0 Å². The maximum Gasteiger partial charge on any atom is 0.330 e. The van der Waals surface area contributed by atoms with Gasteiger partial charge in [0, 0.05) is 12.5 Å². The number of unbranched alkanes of at least 4 members (excludes halogenated alkanes) is 1. The molecule has 0 unspecified atom stereocenters. The Morgan fingerprint density at radius 3 is 2.44 bits per heavy atom. The zero-order chi connectivity index (χ0) is 13.5. The van der Waals surface area contributed by atoms with E-state index in [1.807, 2.05) is 13.8 Å². The van der Waals surface area contributed by atoms with Gasteiger partial charge < -0.3 is 4.52 Å². The van der Waals surface area contributed by atoms with Gasteiger partial charge in [-0.15, -0.1) is 0 Å². The average molecular weight is 253 g/mol. The van der Waals surface area contributed by atoms with Gasteiger partial charge in [-0.3, -0.25) is 9.69 Å². The molecule has 0 N–H and O–H groups in total. The molecule has 0 radical (unpaired) electrons. The second-order valence-corrected chi connectivity index (χ2v) is 4.48. The van der Waals surface area contributed by atoms with Crippen LogP contribution in [0.4, 0.5) is 6.01 Å². The van der Waals surface area contributed by atoms with E-state index in [2.05, 4.69) is 17.1 Å². The SMILES string of the molecule is CCCCN(C(=O)C(CC)CC)c1nc(C)no1. The lowest BCUT2D eigenvalue weighted by atomic mass is 10.0. The lowest BCUT2D eigenvalue weighted by Crippen LogP contribution is -2.37. The van der Waals surface area contributed by atoms with E-state index < -0.39 is 0 Å². The maximum atomic E-state index is 12.4. The van der Waals surface area contributed by atoms with E-state index in [9.17, 15) is 4.79 Å². The van der Waals surface area contributed by atoms with Crippen molar-refractivity contribution < 1.29 is 9.32 Å². The second kappa shape index (κ2) is 7.13. The number of amides is 1. The predicted molar refractivity (Wildman–Crippen MR) is 70.4 cm³/mol. The van der Waals surface area contributed by atoms with Gasteiger partial charge in [-0.25, -0.2) is 0 Å². The number of carbonyl (C=O) groups excluding carboxylic acids is 1. The molecule has 0 bridgehead atoms. The molecule has 0 spiro atoms. The Kier molecular flexibility index (Phi) is 5.82. The Morgan fingerprint density at radius 1 is 1.33 bits per heavy atom. The summed E-state index contributed by atoms with van der Waals surface area (Å²) in [5.41, 5.74) is 0. The predicted octanol–water partition coefficient (Wildman–Crippen LogP) is 2.95. The molecule has 0 atom stereocenters. The van der Waals surface area contributed by atoms with Gasteiger partial charge in [0.05, 0.1) is 0 Å². The molecule has 0 saturated heterocycles. The van der Waals surface area contributed by atoms with Crippen LogP contribution in [0.25, 0.3) is 0 Å². The number of nitrogens with zero attached hydrogens (tertiary/aromatic N) is 3. The van der Waals surface area contributed by atoms with Gasteiger partial charge in [-0.2, -0.15) is 4.98 Å². The van der Waals surface area contributed by atoms with E-state index in [0.717, 1.165) is 25.7 Å². The van der Waals surface area contributed by atoms with E-state index in [-0.39, 0.29) is 11.8 Å². The highest BCUT2D eigenvalue weighted by Crippen LogP contribution is 2.18. The summed E-state index contributed by atoms with van der Waals surface area (Å²) in [6.07, 6.45) is 3.64. The van der Waals surface area contributed by atoms with E-state index in [1.54, 1.807) is 11.8 Å². The number of aryl methyl sites for hydroxylation is 1. The monoisotopic (exact) mass is 253 g/mol. The highest BCUT2D eigenvalue weighted by Gasteiger charge is 2.26. The topological polar surface area (TPSA) is 59.2 Å². The first-order valence-electron chi connectivity index (χ1n) is 6.75. The quantitative estimate of drug-likeness (QED) is 0.749. The van der Waals surface area contributed by atoms with Crippen molar-refractivity contribution in [1.82, 2.24) is 10.1 Å². The molecule has 0 aromatic carbocycles. The third kappa shape index (κ3) is 3.55. The van der Waals surface area contributed by atoms with Crippen LogP contribution in [0.2, 0.25) is 0 Å². The summed E-state index contributed by atoms with van der Waals surface area (Å²) in [5.74, 6) is 0.690. The lowest BCUT2D eigenvalue weighted by molar-refractivity contribution is -0.122. The minimum absolute atomic E-state index is 0.0362. The third-order valence-electron chi connectivity index (χ3n) is 3.08. The van der Waals surface area contributed by atoms with Crippen LogP contribution < -0.4 is 4.90 Å². The average Bonchev–Trinajstić information content (AvgIpc) is 2.78. The first kappa shape index (κ1) is 14.7. The number of hydrogen-bond acceptors (Lipinski definition) is 4. The molecule has 0 aliphatic rings. The number of carbonyl (C=O) groups is 1. The Bertz CT molecular complexity index is 372. The fourth-order valence-electron chi connectivity index (χ4n) is 1.87. The highest BCUT2D eigenvalue weighted by atomic mass is 16.5. The van der Waals surface area contributed by atoms with E-state index in [0.29, 0.717) is 18.4 Å². The molecule has 1 amide bonds. The van der Waals surface area contributed by atoms with Crippen LogP contribution in [0, 0.1) is 12.8 Å². The smallest absolute Gasteiger partial charge is 0.315 e. The van der Waals surface area contributed by atoms with Crippen LogP contribution in [0.5, 0.6) is 0 Å². The fraction of sp³-hybridized carbons (Fsp3) is 0.769. The number of hydrogen-bond donors (Lipinski definition) is 0. The Balaban J connectivity index is 2.87. The fourth-order valence-corrected chi connectivity index (χ4v) is 1.87. The minimum Gasteiger partial charge on any atom is -0.315 e. The van der Waals surface area contributed by atoms with E-state index >= 15 is 0 Å². The molecule has 102 valence electrons. The zero-order valence-electron chi connectivity index (χ0n) is 11.8. The molecule has 5 nitrogen and oxygen atoms in total. The van der Waals surface area contributed by atoms with Gasteiger partial charge in [-0.05, 0) is 26.2 Å². The van der Waals surface area contributed by atoms with Crippen molar-refractivity contribution in [2.75, 3.05) is 11.4 Å². The van der Waals surface area contributed by atoms with Crippen LogP contribution >= 0.6 is 0 Å². The Morgan fingerprint density at radius 2 is 2.00 bits per heavy atom. The largest absolute Gasteiger partial charge is 0.330 e. The summed E-state index contributed by atoms with van der Waals surface area (Å²) >= 11 is 0. The third-order valence-corrected chi connectivity index (χ3v) is 3.08. The van der Waals surface area contributed by atoms with Gasteiger partial charge in [0.1, 0.15) is 0 Å². The van der Waals surface area contributed by atoms with Crippen molar-refractivity contribution >= 4 is 11.9 Å². The Hall–Kier alpha value is -1.39. The summed E-state index contributed by atoms with van der Waals surface area (Å²) < 4.78 is 5.13. The number of anilines is 1. The number of rotatable bonds is 7. The van der Waals surface area contributed by atoms with Crippen LogP contribution in [0.15, 0.2) is 4.52 Å². The molecular weight excluding hydrogens is 230 g/mol. The van der Waals surface area contributed by atoms with Crippen molar-refractivity contribution in [3.05, 3.63) is 5.82 Å². The first-order valence-corrected chi connectivity index (χ1v) is 6.75. The number of aromatic nitrogens is 2. The van der Waals surface area contributed by atoms with Gasteiger partial charge >= 0.3 is 6.01 Å². The minimum atomic E-state index is 0.0362. The molecular formula is C13H23N3O2. The van der Waals surface area contributed by atoms with Crippen LogP contribution in [-0.4, -0.2) is 22.6 Å². The van der Waals surface area contributed by atoms with Crippen molar-refractivity contribution in [3.63, 3.8) is 0 Å². The first-order chi connectivity index (χ1) is 8.63. The van der Waals surface area contributed by atoms with E-state index in [1.165, 1.54) is 0 Å². The van der Waals surface area contributed by atoms with Crippen LogP contribution in [0.1, 0.15) is 52.3 Å². The molecule has 0 fully saturated rings. The molecule has 1 aromatic heterocycles. The molecule has 0 saturated carbocycles. The molecule has 0 aliphatic carbocycles. The normalized spacial score (nSPS) is 10.9. The standard InChI is InChI=1S/C13H23N3O2/c1-5-8-9-16(12(17)11(6-2)7-3)13-14-10(4)15-18-13/h11H,5-9H2,1-4H3. The van der Waals surface area contributed by atoms with Gasteiger partial charge in [0.15, 0.2) is 5.82 Å². The maximum absolute atomic E-state index is 12.4. The molecule has 5 heteroatoms. The Labute approximate surface area is 109 Å². The molecule has 1 rings (SSSR count). The van der Waals surface area contributed by atoms with E-state index in [4.69, 9.17) is 4.52 Å². The second-order valence-electron chi connectivity index (χ2n) is 4.48. The van der Waals surface area contributed by atoms with Crippen LogP contribution in [0.3, 0.4) is 0 Å². The summed E-state index contributed by atoms with van der Waals surface area (Å²) in [4.78, 5) is 18.2. The van der Waals surface area contributed by atoms with Crippen molar-refractivity contribution in [2.45, 2.75) is 53.4 Å². The molecule has 18 heavy (non-hydrogen) atoms. The van der Waals surface area contributed by atoms with Crippen LogP contribution in [-0.2, 0) is 4.79 Å². The summed E-state index contributed by atoms with van der Waals surface area (Å²) in [7, 11) is 0. The lowest BCUT2D eigenvalue weighted by Gasteiger charge is -2.22. The van der Waals surface area contributed by atoms with Gasteiger partial charge in [-0.1, -0.05) is 32.3 Å². The van der Waals surface area contributed by atoms with Gasteiger partial charge in [0.2, 0.25) is 5.91 Å². The molecule has 0 aliphatic heterocycles. The van der Waals surface area contributed by atoms with Crippen molar-refractivity contribution in [1.29, 1.82) is 0 Å². The molecule has 1 heterocycles. The van der Waals surface area contributed by atoms with Crippen molar-refractivity contribution in [3.8, 4) is 0 Å². The summed E-state index contributed by atoms with van der Waals surface area (Å²) in [5, 5.41) is 3.76. The highest BCUT2D eigenvalue weighted by molar-refractivity contribution is 5.92. The molecule has 1 aromatic rings. The zero-order valence-corrected chi connectivity index (χ0v) is 11.8. The summed E-state index contributed by atoms with van der Waals surface area (Å²) in [6, 6.07) is 0.331.